The molecule has 0 spiro atoms. The van der Waals surface area contributed by atoms with Crippen molar-refractivity contribution in [1.29, 1.82) is 0 Å². The van der Waals surface area contributed by atoms with Crippen molar-refractivity contribution in [3.8, 4) is 0 Å². The van der Waals surface area contributed by atoms with Gasteiger partial charge in [-0.1, -0.05) is 13.8 Å². The van der Waals surface area contributed by atoms with E-state index in [9.17, 15) is 9.67 Å². The van der Waals surface area contributed by atoms with Crippen molar-refractivity contribution < 1.29 is 14.4 Å². The summed E-state index contributed by atoms with van der Waals surface area (Å²) >= 11 is 0. The van der Waals surface area contributed by atoms with Gasteiger partial charge in [0, 0.05) is 0 Å². The van der Waals surface area contributed by atoms with Gasteiger partial charge in [-0.05, 0) is 19.3 Å². The Morgan fingerprint density at radius 1 is 1.46 bits per heavy atom. The average molecular weight is 200 g/mol. The Labute approximate surface area is 80.7 Å². The van der Waals surface area contributed by atoms with Crippen LogP contribution in [0.25, 0.3) is 0 Å². The first-order valence-electron chi connectivity index (χ1n) is 4.77. The lowest BCUT2D eigenvalue weighted by atomic mass is 9.90. The van der Waals surface area contributed by atoms with E-state index in [1.54, 1.807) is 0 Å². The Bertz CT molecular complexity index is 186. The maximum Gasteiger partial charge on any atom is 0.161 e. The van der Waals surface area contributed by atoms with Crippen LogP contribution < -0.4 is 0 Å². The molecule has 0 aromatic carbocycles. The zero-order valence-corrected chi connectivity index (χ0v) is 9.20. The highest BCUT2D eigenvalue weighted by Gasteiger charge is 2.40. The molecule has 1 aliphatic rings. The Kier molecular flexibility index (Phi) is 3.84. The molecule has 1 heterocycles. The van der Waals surface area contributed by atoms with Gasteiger partial charge in [-0.3, -0.25) is 4.57 Å². The van der Waals surface area contributed by atoms with Gasteiger partial charge in [-0.2, -0.15) is 0 Å². The molecule has 76 valence electrons. The van der Waals surface area contributed by atoms with Crippen LogP contribution in [0, 0.1) is 5.92 Å². The SMILES string of the molecule is CCC1O[C@@H](C)C(C)[C@@H](P=[12O])[C@@H]1O. The normalized spacial score (nSPS) is 46.6. The number of aliphatic hydroxyl groups is 1. The number of ether oxygens (including phenoxy) is 1. The molecule has 1 saturated heterocycles. The van der Waals surface area contributed by atoms with Crippen molar-refractivity contribution in [2.75, 3.05) is 0 Å². The monoisotopic (exact) mass is 200 g/mol. The van der Waals surface area contributed by atoms with Gasteiger partial charge in [0.25, 0.3) is 0 Å². The van der Waals surface area contributed by atoms with E-state index in [4.69, 9.17) is 4.74 Å². The summed E-state index contributed by atoms with van der Waals surface area (Å²) in [6.07, 6.45) is 0.109. The van der Waals surface area contributed by atoms with Gasteiger partial charge in [0.05, 0.1) is 24.0 Å². The van der Waals surface area contributed by atoms with Crippen LogP contribution in [0.1, 0.15) is 27.2 Å². The summed E-state index contributed by atoms with van der Waals surface area (Å²) in [6, 6.07) is 0. The molecule has 4 heteroatoms. The molecule has 2 unspecified atom stereocenters. The average Bonchev–Trinajstić information content (AvgIpc) is 2.12. The third kappa shape index (κ3) is 2.09. The van der Waals surface area contributed by atoms with Crippen molar-refractivity contribution in [2.24, 2.45) is 5.92 Å². The van der Waals surface area contributed by atoms with E-state index in [0.29, 0.717) is 0 Å². The first-order valence-corrected chi connectivity index (χ1v) is 5.66. The van der Waals surface area contributed by atoms with Crippen molar-refractivity contribution in [2.45, 2.75) is 51.2 Å². The summed E-state index contributed by atoms with van der Waals surface area (Å²) in [6.45, 7) is 5.90. The van der Waals surface area contributed by atoms with Gasteiger partial charge in [-0.25, -0.2) is 0 Å². The third-order valence-corrected chi connectivity index (χ3v) is 3.94. The molecule has 13 heavy (non-hydrogen) atoms. The summed E-state index contributed by atoms with van der Waals surface area (Å²) in [5.41, 5.74) is -0.173. The summed E-state index contributed by atoms with van der Waals surface area (Å²) in [7, 11) is 0.0337. The molecule has 0 aromatic heterocycles. The fourth-order valence-electron chi connectivity index (χ4n) is 1.78. The highest BCUT2D eigenvalue weighted by molar-refractivity contribution is 7.24. The van der Waals surface area contributed by atoms with Crippen LogP contribution in [-0.4, -0.2) is 29.1 Å². The van der Waals surface area contributed by atoms with E-state index in [1.165, 1.54) is 0 Å². The molecular weight excluding hydrogens is 183 g/mol. The van der Waals surface area contributed by atoms with Crippen molar-refractivity contribution >= 4 is 8.46 Å². The van der Waals surface area contributed by atoms with E-state index in [2.05, 4.69) is 0 Å². The topological polar surface area (TPSA) is 46.5 Å². The van der Waals surface area contributed by atoms with Gasteiger partial charge in [-0.15, -0.1) is 0 Å². The maximum atomic E-state index is 10.9. The highest BCUT2D eigenvalue weighted by atomic mass is 31.1. The minimum atomic E-state index is -0.588. The lowest BCUT2D eigenvalue weighted by Gasteiger charge is -2.39. The molecule has 0 aromatic rings. The van der Waals surface area contributed by atoms with Crippen LogP contribution >= 0.6 is 8.46 Å². The summed E-state index contributed by atoms with van der Waals surface area (Å²) < 4.78 is 16.5. The van der Waals surface area contributed by atoms with Gasteiger partial charge in [0.15, 0.2) is 8.46 Å². The maximum absolute atomic E-state index is 10.9. The Morgan fingerprint density at radius 3 is 2.54 bits per heavy atom. The van der Waals surface area contributed by atoms with Crippen LogP contribution in [0.3, 0.4) is 0 Å². The van der Waals surface area contributed by atoms with Crippen LogP contribution in [0.2, 0.25) is 0 Å². The molecule has 3 nitrogen and oxygen atoms in total. The molecule has 5 atom stereocenters. The summed E-state index contributed by atoms with van der Waals surface area (Å²) in [5, 5.41) is 9.78. The smallest absolute Gasteiger partial charge is 0.161 e. The molecular formula is C9H17O3P. The predicted molar refractivity (Wildman–Crippen MR) is 51.2 cm³/mol. The zero-order valence-electron chi connectivity index (χ0n) is 8.30. The molecule has 1 N–H and O–H groups in total. The van der Waals surface area contributed by atoms with E-state index in [0.717, 1.165) is 6.42 Å². The van der Waals surface area contributed by atoms with Crippen LogP contribution in [-0.2, 0) is 9.30 Å². The lowest BCUT2D eigenvalue weighted by Crippen LogP contribution is -2.49. The molecule has 0 amide bonds. The Hall–Kier alpha value is 0.0200. The Balaban J connectivity index is 2.74. The van der Waals surface area contributed by atoms with E-state index < -0.39 is 6.10 Å². The minimum absolute atomic E-state index is 0.0337. The van der Waals surface area contributed by atoms with E-state index in [1.807, 2.05) is 20.8 Å². The lowest BCUT2D eigenvalue weighted by molar-refractivity contribution is -0.131. The minimum Gasteiger partial charge on any atom is -0.389 e. The van der Waals surface area contributed by atoms with Crippen LogP contribution in [0.5, 0.6) is 0 Å². The van der Waals surface area contributed by atoms with Crippen molar-refractivity contribution in [1.82, 2.24) is 0 Å². The first kappa shape index (κ1) is 11.1. The third-order valence-electron chi connectivity index (χ3n) is 2.92. The second kappa shape index (κ2) is 4.50. The Morgan fingerprint density at radius 2 is 2.08 bits per heavy atom. The highest BCUT2D eigenvalue weighted by Crippen LogP contribution is 2.33. The predicted octanol–water partition coefficient (Wildman–Crippen LogP) is 1.84. The fraction of sp³-hybridized carbons (Fsp3) is 1.00. The van der Waals surface area contributed by atoms with Gasteiger partial charge < -0.3 is 9.84 Å². The first-order chi connectivity index (χ1) is 6.11. The van der Waals surface area contributed by atoms with E-state index >= 15 is 0 Å². The number of aliphatic hydroxyl groups excluding tert-OH is 1. The fourth-order valence-corrected chi connectivity index (χ4v) is 2.54. The van der Waals surface area contributed by atoms with Crippen molar-refractivity contribution in [3.05, 3.63) is 0 Å². The van der Waals surface area contributed by atoms with Gasteiger partial charge >= 0.3 is 0 Å². The molecule has 0 radical (unpaired) electrons. The van der Waals surface area contributed by atoms with Crippen LogP contribution in [0.4, 0.5) is 0 Å². The zero-order chi connectivity index (χ0) is 10.0. The molecule has 1 aliphatic heterocycles. The second-order valence-electron chi connectivity index (χ2n) is 3.73. The molecule has 1 rings (SSSR count). The molecule has 1 fully saturated rings. The number of hydrogen-bond acceptors (Lipinski definition) is 3. The second-order valence-corrected chi connectivity index (χ2v) is 4.54. The molecule has 0 aliphatic carbocycles. The number of hydrogen-bond donors (Lipinski definition) is 1. The van der Waals surface area contributed by atoms with Gasteiger partial charge in [0.1, 0.15) is 0 Å². The number of rotatable bonds is 2. The van der Waals surface area contributed by atoms with E-state index in [-0.39, 0.29) is 32.2 Å². The standard InChI is InChI=1S/C9H17O3P/c1-4-7-8(10)9(13-11)5(2)6(3)12-7/h5-10H,4H2,1-3H3/t5?,6-,7?,8+,9+/m0/s1/i11-4. The van der Waals surface area contributed by atoms with Crippen LogP contribution in [0.15, 0.2) is 0 Å². The van der Waals surface area contributed by atoms with Crippen molar-refractivity contribution in [3.63, 3.8) is 0 Å². The quantitative estimate of drug-likeness (QED) is 0.692. The molecule has 0 saturated carbocycles. The summed E-state index contributed by atoms with van der Waals surface area (Å²) in [4.78, 5) is 0. The largest absolute Gasteiger partial charge is 0.389 e. The summed E-state index contributed by atoms with van der Waals surface area (Å²) in [5.74, 6) is 0.150. The van der Waals surface area contributed by atoms with Gasteiger partial charge in [0.2, 0.25) is 0 Å². The molecule has 0 bridgehead atoms.